The Morgan fingerprint density at radius 3 is 2.29 bits per heavy atom. The van der Waals surface area contributed by atoms with Crippen LogP contribution >= 0.6 is 0 Å². The number of amides is 2. The molecule has 1 aliphatic heterocycles. The molecule has 0 bridgehead atoms. The Morgan fingerprint density at radius 1 is 0.971 bits per heavy atom. The highest BCUT2D eigenvalue weighted by Crippen LogP contribution is 2.44. The number of rotatable bonds is 8. The summed E-state index contributed by atoms with van der Waals surface area (Å²) in [5, 5.41) is 14.6. The zero-order chi connectivity index (χ0) is 24.4. The number of alkyl carbamates (subject to hydrolysis) is 1. The van der Waals surface area contributed by atoms with E-state index >= 15 is 0 Å². The summed E-state index contributed by atoms with van der Waals surface area (Å²) in [6.45, 7) is 1.09. The molecule has 0 radical (unpaired) electrons. The number of hydrogen-bond donors (Lipinski definition) is 3. The lowest BCUT2D eigenvalue weighted by Crippen LogP contribution is -2.49. The molecule has 2 atom stereocenters. The summed E-state index contributed by atoms with van der Waals surface area (Å²) in [5.74, 6) is -0.579. The molecule has 3 aliphatic rings. The van der Waals surface area contributed by atoms with Crippen LogP contribution in [0, 0.1) is 11.8 Å². The van der Waals surface area contributed by atoms with Gasteiger partial charge in [0.1, 0.15) is 6.61 Å². The van der Waals surface area contributed by atoms with Crippen LogP contribution in [0.15, 0.2) is 48.5 Å². The molecule has 8 heteroatoms. The highest BCUT2D eigenvalue weighted by atomic mass is 16.6. The van der Waals surface area contributed by atoms with Crippen LogP contribution in [0.2, 0.25) is 0 Å². The van der Waals surface area contributed by atoms with E-state index in [0.29, 0.717) is 25.5 Å². The van der Waals surface area contributed by atoms with Crippen molar-refractivity contribution in [1.29, 1.82) is 0 Å². The minimum atomic E-state index is -0.779. The van der Waals surface area contributed by atoms with Crippen LogP contribution in [0.1, 0.15) is 42.7 Å². The normalized spacial score (nSPS) is 24.7. The van der Waals surface area contributed by atoms with Gasteiger partial charge in [0.05, 0.1) is 6.04 Å². The second-order valence-corrected chi connectivity index (χ2v) is 9.70. The summed E-state index contributed by atoms with van der Waals surface area (Å²) in [6.07, 6.45) is 1.01. The molecular weight excluding hydrogens is 448 g/mol. The van der Waals surface area contributed by atoms with Crippen molar-refractivity contribution in [1.82, 2.24) is 10.6 Å². The van der Waals surface area contributed by atoms with E-state index in [9.17, 15) is 14.4 Å². The molecule has 2 aromatic carbocycles. The molecule has 1 saturated carbocycles. The van der Waals surface area contributed by atoms with Crippen molar-refractivity contribution in [2.45, 2.75) is 43.7 Å². The minimum absolute atomic E-state index is 0.0282. The molecule has 35 heavy (non-hydrogen) atoms. The number of aliphatic carboxylic acids is 1. The highest BCUT2D eigenvalue weighted by molar-refractivity contribution is 5.83. The lowest BCUT2D eigenvalue weighted by Gasteiger charge is -2.34. The van der Waals surface area contributed by atoms with Gasteiger partial charge >= 0.3 is 12.1 Å². The highest BCUT2D eigenvalue weighted by Gasteiger charge is 2.37. The summed E-state index contributed by atoms with van der Waals surface area (Å²) < 4.78 is 11.2. The van der Waals surface area contributed by atoms with Crippen LogP contribution in [0.4, 0.5) is 4.79 Å². The van der Waals surface area contributed by atoms with E-state index in [4.69, 9.17) is 14.6 Å². The lowest BCUT2D eigenvalue weighted by molar-refractivity contribution is -0.139. The van der Waals surface area contributed by atoms with Crippen LogP contribution in [-0.4, -0.2) is 55.0 Å². The summed E-state index contributed by atoms with van der Waals surface area (Å²) in [4.78, 5) is 36.1. The van der Waals surface area contributed by atoms with Gasteiger partial charge in [-0.05, 0) is 53.4 Å². The van der Waals surface area contributed by atoms with Crippen LogP contribution < -0.4 is 10.6 Å². The van der Waals surface area contributed by atoms with Gasteiger partial charge in [-0.3, -0.25) is 9.59 Å². The number of fused-ring (bicyclic) bond motifs is 3. The smallest absolute Gasteiger partial charge is 0.407 e. The average Bonchev–Trinajstić information content (AvgIpc) is 3.41. The van der Waals surface area contributed by atoms with Crippen molar-refractivity contribution in [2.24, 2.45) is 11.8 Å². The number of carboxylic acids is 1. The molecule has 2 unspecified atom stereocenters. The van der Waals surface area contributed by atoms with Crippen LogP contribution in [-0.2, 0) is 19.1 Å². The third kappa shape index (κ3) is 5.03. The maximum atomic E-state index is 12.7. The zero-order valence-corrected chi connectivity index (χ0v) is 19.4. The fourth-order valence-electron chi connectivity index (χ4n) is 5.59. The third-order valence-electron chi connectivity index (χ3n) is 7.36. The van der Waals surface area contributed by atoms with Gasteiger partial charge in [0.2, 0.25) is 0 Å². The average molecular weight is 479 g/mol. The molecule has 0 spiro atoms. The summed E-state index contributed by atoms with van der Waals surface area (Å²) in [6, 6.07) is 15.9. The van der Waals surface area contributed by atoms with Crippen LogP contribution in [0.25, 0.3) is 11.1 Å². The van der Waals surface area contributed by atoms with E-state index < -0.39 is 24.2 Å². The van der Waals surface area contributed by atoms with E-state index in [1.54, 1.807) is 0 Å². The molecular formula is C27H30N2O6. The molecule has 1 heterocycles. The quantitative estimate of drug-likeness (QED) is 0.537. The molecule has 5 rings (SSSR count). The van der Waals surface area contributed by atoms with Gasteiger partial charge in [-0.25, -0.2) is 4.79 Å². The van der Waals surface area contributed by atoms with Gasteiger partial charge in [-0.1, -0.05) is 48.5 Å². The Balaban J connectivity index is 1.11. The Bertz CT molecular complexity index is 1070. The van der Waals surface area contributed by atoms with Gasteiger partial charge in [0.25, 0.3) is 5.91 Å². The van der Waals surface area contributed by atoms with Crippen molar-refractivity contribution in [3.05, 3.63) is 59.7 Å². The largest absolute Gasteiger partial charge is 0.481 e. The van der Waals surface area contributed by atoms with Crippen LogP contribution in [0.3, 0.4) is 0 Å². The first kappa shape index (κ1) is 23.4. The third-order valence-corrected chi connectivity index (χ3v) is 7.36. The fourth-order valence-corrected chi connectivity index (χ4v) is 5.59. The number of nitrogens with one attached hydrogen (secondary N) is 2. The van der Waals surface area contributed by atoms with Crippen molar-refractivity contribution >= 4 is 18.0 Å². The van der Waals surface area contributed by atoms with Crippen molar-refractivity contribution in [3.8, 4) is 11.1 Å². The molecule has 0 aromatic heterocycles. The molecule has 2 aliphatic carbocycles. The van der Waals surface area contributed by atoms with Crippen molar-refractivity contribution in [3.63, 3.8) is 0 Å². The van der Waals surface area contributed by atoms with Gasteiger partial charge in [-0.15, -0.1) is 0 Å². The molecule has 1 saturated heterocycles. The summed E-state index contributed by atoms with van der Waals surface area (Å²) >= 11 is 0. The van der Waals surface area contributed by atoms with Gasteiger partial charge in [0.15, 0.2) is 6.10 Å². The summed E-state index contributed by atoms with van der Waals surface area (Å²) in [7, 11) is 0. The first-order valence-corrected chi connectivity index (χ1v) is 12.2. The number of carbonyl (C=O) groups is 3. The Morgan fingerprint density at radius 2 is 1.63 bits per heavy atom. The number of hydrogen-bond acceptors (Lipinski definition) is 5. The van der Waals surface area contributed by atoms with E-state index in [2.05, 4.69) is 34.9 Å². The molecule has 2 fully saturated rings. The standard InChI is InChI=1S/C27H30N2O6/c30-24(31)13-16-11-17(12-16)14-28-26(32)25-23(9-10-34-25)29-27(33)35-15-22-20-7-3-1-5-18(20)19-6-2-4-8-21(19)22/h1-8,16-17,22-23,25H,9-15H2,(H,28,32)(H,29,33)(H,30,31). The first-order chi connectivity index (χ1) is 17.0. The number of ether oxygens (including phenoxy) is 2. The van der Waals surface area contributed by atoms with E-state index in [-0.39, 0.29) is 30.8 Å². The van der Waals surface area contributed by atoms with Gasteiger partial charge in [0, 0.05) is 25.5 Å². The van der Waals surface area contributed by atoms with E-state index in [1.165, 1.54) is 11.1 Å². The molecule has 184 valence electrons. The van der Waals surface area contributed by atoms with Crippen molar-refractivity contribution < 1.29 is 29.0 Å². The van der Waals surface area contributed by atoms with E-state index in [1.807, 2.05) is 24.3 Å². The molecule has 8 nitrogen and oxygen atoms in total. The number of benzene rings is 2. The predicted octanol–water partition coefficient (Wildman–Crippen LogP) is 3.30. The SMILES string of the molecule is O=C(O)CC1CC(CNC(=O)C2OCCC2NC(=O)OCC2c3ccccc3-c3ccccc32)C1. The fraction of sp³-hybridized carbons (Fsp3) is 0.444. The molecule has 2 amide bonds. The first-order valence-electron chi connectivity index (χ1n) is 12.2. The summed E-state index contributed by atoms with van der Waals surface area (Å²) in [5.41, 5.74) is 4.62. The maximum Gasteiger partial charge on any atom is 0.407 e. The second-order valence-electron chi connectivity index (χ2n) is 9.70. The number of carboxylic acid groups (broad SMARTS) is 1. The Hall–Kier alpha value is -3.39. The second kappa shape index (κ2) is 10.1. The monoisotopic (exact) mass is 478 g/mol. The number of carbonyl (C=O) groups excluding carboxylic acids is 2. The van der Waals surface area contributed by atoms with Crippen molar-refractivity contribution in [2.75, 3.05) is 19.8 Å². The van der Waals surface area contributed by atoms with Gasteiger partial charge in [-0.2, -0.15) is 0 Å². The Kier molecular flexibility index (Phi) is 6.72. The maximum absolute atomic E-state index is 12.7. The predicted molar refractivity (Wildman–Crippen MR) is 128 cm³/mol. The lowest BCUT2D eigenvalue weighted by atomic mass is 9.73. The topological polar surface area (TPSA) is 114 Å². The molecule has 3 N–H and O–H groups in total. The minimum Gasteiger partial charge on any atom is -0.481 e. The zero-order valence-electron chi connectivity index (χ0n) is 19.4. The Labute approximate surface area is 204 Å². The van der Waals surface area contributed by atoms with Gasteiger partial charge < -0.3 is 25.2 Å². The van der Waals surface area contributed by atoms with Crippen LogP contribution in [0.5, 0.6) is 0 Å². The molecule has 2 aromatic rings. The van der Waals surface area contributed by atoms with E-state index in [0.717, 1.165) is 24.0 Å².